The maximum atomic E-state index is 13.3. The van der Waals surface area contributed by atoms with Gasteiger partial charge in [0, 0.05) is 32.3 Å². The van der Waals surface area contributed by atoms with Crippen molar-refractivity contribution in [1.82, 2.24) is 14.9 Å². The Kier molecular flexibility index (Phi) is 9.68. The van der Waals surface area contributed by atoms with Gasteiger partial charge in [0.25, 0.3) is 5.91 Å². The molecule has 1 aromatic carbocycles. The molecule has 2 aromatic heterocycles. The molecule has 12 nitrogen and oxygen atoms in total. The number of rotatable bonds is 12. The lowest BCUT2D eigenvalue weighted by Crippen LogP contribution is -2.28. The maximum Gasteiger partial charge on any atom is 0.280 e. The van der Waals surface area contributed by atoms with Crippen LogP contribution in [0.5, 0.6) is 0 Å². The van der Waals surface area contributed by atoms with Crippen LogP contribution in [-0.4, -0.2) is 105 Å². The number of aliphatic hydroxyl groups excluding tert-OH is 1. The van der Waals surface area contributed by atoms with Crippen molar-refractivity contribution in [2.24, 2.45) is 5.16 Å². The summed E-state index contributed by atoms with van der Waals surface area (Å²) < 4.78 is 31.0. The van der Waals surface area contributed by atoms with E-state index < -0.39 is 27.1 Å². The van der Waals surface area contributed by atoms with Crippen molar-refractivity contribution in [3.8, 4) is 0 Å². The monoisotopic (exact) mass is 590 g/mol. The van der Waals surface area contributed by atoms with E-state index in [4.69, 9.17) is 9.57 Å². The van der Waals surface area contributed by atoms with Gasteiger partial charge in [0.2, 0.25) is 0 Å². The van der Waals surface area contributed by atoms with Crippen LogP contribution in [0, 0.1) is 0 Å². The molecule has 0 radical (unpaired) electrons. The number of sulfone groups is 1. The molecule has 0 unspecified atom stereocenters. The number of amides is 1. The number of fused-ring (bicyclic) bond motifs is 1. The van der Waals surface area contributed by atoms with Crippen molar-refractivity contribution < 1.29 is 27.9 Å². The van der Waals surface area contributed by atoms with E-state index in [1.807, 2.05) is 38.2 Å². The van der Waals surface area contributed by atoms with Gasteiger partial charge < -0.3 is 24.5 Å². The smallest absolute Gasteiger partial charge is 0.280 e. The second kappa shape index (κ2) is 13.0. The summed E-state index contributed by atoms with van der Waals surface area (Å²) in [6.07, 6.45) is -0.212. The number of thiazole rings is 1. The highest BCUT2D eigenvalue weighted by Gasteiger charge is 2.31. The number of aliphatic hydroxyl groups is 1. The van der Waals surface area contributed by atoms with Gasteiger partial charge in [-0.25, -0.2) is 18.4 Å². The summed E-state index contributed by atoms with van der Waals surface area (Å²) in [5, 5.41) is 15.8. The minimum atomic E-state index is -3.56. The number of benzene rings is 1. The fraction of sp³-hybridized carbons (Fsp3) is 0.462. The summed E-state index contributed by atoms with van der Waals surface area (Å²) in [6.45, 7) is 3.56. The van der Waals surface area contributed by atoms with Crippen LogP contribution in [0.25, 0.3) is 10.3 Å². The lowest BCUT2D eigenvalue weighted by Gasteiger charge is -2.20. The minimum absolute atomic E-state index is 0.0928. The van der Waals surface area contributed by atoms with E-state index >= 15 is 0 Å². The first kappa shape index (κ1) is 29.8. The number of carbonyl (C=O) groups excluding carboxylic acids is 1. The molecule has 4 rings (SSSR count). The highest BCUT2D eigenvalue weighted by molar-refractivity contribution is 7.92. The number of hydrogen-bond donors (Lipinski definition) is 2. The van der Waals surface area contributed by atoms with Crippen LogP contribution in [0.4, 0.5) is 10.9 Å². The Bertz CT molecular complexity index is 1450. The molecule has 3 aromatic rings. The molecule has 2 N–H and O–H groups in total. The second-order valence-corrected chi connectivity index (χ2v) is 13.0. The summed E-state index contributed by atoms with van der Waals surface area (Å²) in [6, 6.07) is 9.63. The predicted molar refractivity (Wildman–Crippen MR) is 155 cm³/mol. The molecule has 1 saturated heterocycles. The summed E-state index contributed by atoms with van der Waals surface area (Å²) in [5.41, 5.74) is 0.886. The van der Waals surface area contributed by atoms with Crippen molar-refractivity contribution >= 4 is 54.1 Å². The zero-order valence-electron chi connectivity index (χ0n) is 22.9. The minimum Gasteiger partial charge on any atom is -0.392 e. The fourth-order valence-corrected chi connectivity index (χ4v) is 6.26. The van der Waals surface area contributed by atoms with Gasteiger partial charge >= 0.3 is 0 Å². The average molecular weight is 591 g/mol. The quantitative estimate of drug-likeness (QED) is 0.237. The van der Waals surface area contributed by atoms with Crippen molar-refractivity contribution in [3.63, 3.8) is 0 Å². The first-order valence-electron chi connectivity index (χ1n) is 12.8. The number of ether oxygens (including phenoxy) is 1. The number of nitrogens with one attached hydrogen (secondary N) is 1. The molecule has 1 aliphatic rings. The van der Waals surface area contributed by atoms with E-state index in [2.05, 4.69) is 25.3 Å². The Hall–Kier alpha value is -3.17. The summed E-state index contributed by atoms with van der Waals surface area (Å²) in [5.74, 6) is 0.191. The molecule has 0 bridgehead atoms. The van der Waals surface area contributed by atoms with Gasteiger partial charge in [0.05, 0.1) is 23.4 Å². The SMILES string of the molecule is C[C@H](CO)O/N=C(/C(=O)Nc1nc2ccc(N(C)CCN(C)C)nc2s1)c1ccc(S(=O)(=O)[C@H]2CCOC2)cc1. The van der Waals surface area contributed by atoms with Crippen LogP contribution >= 0.6 is 11.3 Å². The molecule has 1 aliphatic heterocycles. The number of anilines is 2. The van der Waals surface area contributed by atoms with Gasteiger partial charge in [-0.2, -0.15) is 0 Å². The van der Waals surface area contributed by atoms with Gasteiger partial charge in [-0.05, 0) is 51.7 Å². The van der Waals surface area contributed by atoms with Crippen LogP contribution in [0.3, 0.4) is 0 Å². The van der Waals surface area contributed by atoms with Gasteiger partial charge in [0.15, 0.2) is 20.7 Å². The molecule has 1 fully saturated rings. The van der Waals surface area contributed by atoms with Crippen LogP contribution in [0.1, 0.15) is 18.9 Å². The number of oxime groups is 1. The van der Waals surface area contributed by atoms with Gasteiger partial charge in [0.1, 0.15) is 22.3 Å². The lowest BCUT2D eigenvalue weighted by molar-refractivity contribution is -0.110. The van der Waals surface area contributed by atoms with E-state index in [9.17, 15) is 18.3 Å². The maximum absolute atomic E-state index is 13.3. The number of likely N-dealkylation sites (N-methyl/N-ethyl adjacent to an activating group) is 2. The van der Waals surface area contributed by atoms with E-state index in [-0.39, 0.29) is 23.8 Å². The molecule has 2 atom stereocenters. The zero-order chi connectivity index (χ0) is 28.9. The molecule has 40 heavy (non-hydrogen) atoms. The third kappa shape index (κ3) is 7.12. The third-order valence-corrected chi connectivity index (χ3v) is 9.37. The van der Waals surface area contributed by atoms with E-state index in [0.29, 0.717) is 34.1 Å². The Morgan fingerprint density at radius 3 is 2.60 bits per heavy atom. The number of hydrogen-bond acceptors (Lipinski definition) is 12. The molecule has 3 heterocycles. The van der Waals surface area contributed by atoms with E-state index in [1.54, 1.807) is 6.92 Å². The summed E-state index contributed by atoms with van der Waals surface area (Å²) in [4.78, 5) is 32.7. The van der Waals surface area contributed by atoms with Gasteiger partial charge in [-0.15, -0.1) is 0 Å². The van der Waals surface area contributed by atoms with Crippen LogP contribution in [0.15, 0.2) is 46.4 Å². The largest absolute Gasteiger partial charge is 0.392 e. The van der Waals surface area contributed by atoms with E-state index in [0.717, 1.165) is 18.9 Å². The zero-order valence-corrected chi connectivity index (χ0v) is 24.5. The predicted octanol–water partition coefficient (Wildman–Crippen LogP) is 1.99. The highest BCUT2D eigenvalue weighted by atomic mass is 32.2. The Morgan fingerprint density at radius 1 is 1.20 bits per heavy atom. The Morgan fingerprint density at radius 2 is 1.95 bits per heavy atom. The van der Waals surface area contributed by atoms with Gasteiger partial charge in [-0.3, -0.25) is 10.1 Å². The first-order chi connectivity index (χ1) is 19.1. The third-order valence-electron chi connectivity index (χ3n) is 6.31. The van der Waals surface area contributed by atoms with Crippen molar-refractivity contribution in [1.29, 1.82) is 0 Å². The molecular formula is C26H34N6O6S2. The average Bonchev–Trinajstić information content (AvgIpc) is 3.62. The number of nitrogens with zero attached hydrogens (tertiary/aromatic N) is 5. The molecule has 0 spiro atoms. The van der Waals surface area contributed by atoms with Gasteiger partial charge in [-0.1, -0.05) is 28.6 Å². The summed E-state index contributed by atoms with van der Waals surface area (Å²) in [7, 11) is 2.43. The highest BCUT2D eigenvalue weighted by Crippen LogP contribution is 2.27. The summed E-state index contributed by atoms with van der Waals surface area (Å²) >= 11 is 1.22. The van der Waals surface area contributed by atoms with Crippen LogP contribution in [0.2, 0.25) is 0 Å². The van der Waals surface area contributed by atoms with Crippen molar-refractivity contribution in [3.05, 3.63) is 42.0 Å². The number of carbonyl (C=O) groups is 1. The number of aromatic nitrogens is 2. The molecule has 216 valence electrons. The van der Waals surface area contributed by atoms with E-state index in [1.165, 1.54) is 35.6 Å². The van der Waals surface area contributed by atoms with Crippen LogP contribution < -0.4 is 10.2 Å². The lowest BCUT2D eigenvalue weighted by atomic mass is 10.1. The van der Waals surface area contributed by atoms with Crippen LogP contribution in [-0.2, 0) is 24.2 Å². The molecule has 14 heteroatoms. The Labute approximate surface area is 237 Å². The molecule has 0 aliphatic carbocycles. The molecule has 0 saturated carbocycles. The fourth-order valence-electron chi connectivity index (χ4n) is 3.85. The second-order valence-electron chi connectivity index (χ2n) is 9.79. The van der Waals surface area contributed by atoms with Crippen molar-refractivity contribution in [2.45, 2.75) is 29.6 Å². The molecular weight excluding hydrogens is 556 g/mol. The standard InChI is InChI=1S/C26H34N6O6S2/c1-17(15-33)38-30-23(18-5-7-19(8-6-18)40(35,36)20-11-14-37-16-20)24(34)29-26-27-21-9-10-22(28-25(21)39-26)32(4)13-12-31(2)3/h5-10,17,20,33H,11-16H2,1-4H3,(H,27,29,34)/b30-23+/t17-,20+/m1/s1. The topological polar surface area (TPSA) is 147 Å². The Balaban J connectivity index is 1.55. The molecule has 1 amide bonds. The van der Waals surface area contributed by atoms with Crippen molar-refractivity contribution in [2.75, 3.05) is 64.3 Å². The normalized spacial score (nSPS) is 16.9. The first-order valence-corrected chi connectivity index (χ1v) is 15.2. The number of pyridine rings is 1.